The number of rotatable bonds is 3. The fourth-order valence-corrected chi connectivity index (χ4v) is 1.74. The Hall–Kier alpha value is -2.18. The lowest BCUT2D eigenvalue weighted by molar-refractivity contribution is 0.0698. The first kappa shape index (κ1) is 11.3. The van der Waals surface area contributed by atoms with Crippen LogP contribution in [0.2, 0.25) is 0 Å². The van der Waals surface area contributed by atoms with Gasteiger partial charge in [0, 0.05) is 12.0 Å². The number of hydrogen-bond donors (Lipinski definition) is 2. The predicted molar refractivity (Wildman–Crippen MR) is 57.2 cm³/mol. The summed E-state index contributed by atoms with van der Waals surface area (Å²) < 4.78 is 13.6. The van der Waals surface area contributed by atoms with E-state index in [1.165, 1.54) is 4.52 Å². The van der Waals surface area contributed by atoms with E-state index in [4.69, 9.17) is 5.11 Å². The lowest BCUT2D eigenvalue weighted by atomic mass is 10.2. The highest BCUT2D eigenvalue weighted by Crippen LogP contribution is 2.11. The number of aromatic amines is 1. The van der Waals surface area contributed by atoms with Crippen molar-refractivity contribution in [2.24, 2.45) is 0 Å². The highest BCUT2D eigenvalue weighted by atomic mass is 19.1. The van der Waals surface area contributed by atoms with E-state index >= 15 is 0 Å². The Bertz CT molecular complexity index is 644. The van der Waals surface area contributed by atoms with Crippen LogP contribution in [0.5, 0.6) is 0 Å². The lowest BCUT2D eigenvalue weighted by Crippen LogP contribution is -2.19. The van der Waals surface area contributed by atoms with Crippen LogP contribution in [-0.4, -0.2) is 32.3 Å². The molecule has 0 bridgehead atoms. The fourth-order valence-electron chi connectivity index (χ4n) is 1.74. The zero-order chi connectivity index (χ0) is 12.6. The number of aromatic nitrogens is 3. The minimum atomic E-state index is -1.17. The van der Waals surface area contributed by atoms with Gasteiger partial charge in [0.25, 0.3) is 5.56 Å². The van der Waals surface area contributed by atoms with Crippen molar-refractivity contribution in [3.63, 3.8) is 0 Å². The zero-order valence-electron chi connectivity index (χ0n) is 9.03. The van der Waals surface area contributed by atoms with E-state index < -0.39 is 18.2 Å². The molecule has 2 N–H and O–H groups in total. The molecule has 0 saturated carbocycles. The number of aromatic carboxylic acids is 1. The third-order valence-corrected chi connectivity index (χ3v) is 2.60. The second kappa shape index (κ2) is 4.00. The number of carbonyl (C=O) groups is 1. The maximum atomic E-state index is 12.3. The molecule has 0 aliphatic rings. The third kappa shape index (κ3) is 1.69. The molecule has 90 valence electrons. The quantitative estimate of drug-likeness (QED) is 0.818. The van der Waals surface area contributed by atoms with Gasteiger partial charge in [0.05, 0.1) is 18.6 Å². The second-order valence-corrected chi connectivity index (χ2v) is 3.58. The third-order valence-electron chi connectivity index (χ3n) is 2.60. The van der Waals surface area contributed by atoms with Gasteiger partial charge >= 0.3 is 5.97 Å². The molecule has 2 aromatic rings. The molecule has 2 rings (SSSR count). The van der Waals surface area contributed by atoms with Crippen molar-refractivity contribution >= 4 is 11.6 Å². The van der Waals surface area contributed by atoms with Gasteiger partial charge in [-0.15, -0.1) is 0 Å². The Morgan fingerprint density at radius 2 is 2.35 bits per heavy atom. The number of nitrogens with zero attached hydrogens (tertiary/aromatic N) is 2. The average molecular weight is 239 g/mol. The minimum Gasteiger partial charge on any atom is -0.477 e. The van der Waals surface area contributed by atoms with Crippen LogP contribution in [0.1, 0.15) is 21.6 Å². The minimum absolute atomic E-state index is 0.0145. The first-order chi connectivity index (χ1) is 8.06. The lowest BCUT2D eigenvalue weighted by Gasteiger charge is -2.05. The number of carboxylic acids is 1. The summed E-state index contributed by atoms with van der Waals surface area (Å²) in [5.41, 5.74) is 0.282. The fraction of sp³-hybridized carbons (Fsp3) is 0.300. The summed E-state index contributed by atoms with van der Waals surface area (Å²) >= 11 is 0. The van der Waals surface area contributed by atoms with Gasteiger partial charge in [0.1, 0.15) is 5.56 Å². The maximum absolute atomic E-state index is 12.3. The summed E-state index contributed by atoms with van der Waals surface area (Å²) in [5.74, 6) is -1.17. The molecule has 6 nitrogen and oxygen atoms in total. The smallest absolute Gasteiger partial charge is 0.341 e. The highest BCUT2D eigenvalue weighted by molar-refractivity contribution is 5.94. The summed E-state index contributed by atoms with van der Waals surface area (Å²) in [4.78, 5) is 24.9. The molecule has 2 heterocycles. The van der Waals surface area contributed by atoms with Gasteiger partial charge in [0.2, 0.25) is 0 Å². The molecule has 0 aromatic carbocycles. The summed E-state index contributed by atoms with van der Waals surface area (Å²) in [6, 6.07) is 0. The van der Waals surface area contributed by atoms with Gasteiger partial charge in [-0.25, -0.2) is 9.31 Å². The normalized spacial score (nSPS) is 10.9. The Morgan fingerprint density at radius 3 is 2.94 bits per heavy atom. The predicted octanol–water partition coefficient (Wildman–Crippen LogP) is 0.541. The van der Waals surface area contributed by atoms with Gasteiger partial charge in [-0.3, -0.25) is 9.18 Å². The van der Waals surface area contributed by atoms with Gasteiger partial charge < -0.3 is 10.1 Å². The first-order valence-corrected chi connectivity index (χ1v) is 4.95. The second-order valence-electron chi connectivity index (χ2n) is 3.58. The molecule has 0 fully saturated rings. The van der Waals surface area contributed by atoms with Crippen LogP contribution in [0.4, 0.5) is 4.39 Å². The van der Waals surface area contributed by atoms with Crippen LogP contribution in [-0.2, 0) is 6.42 Å². The molecule has 0 amide bonds. The Kier molecular flexibility index (Phi) is 2.66. The van der Waals surface area contributed by atoms with Crippen molar-refractivity contribution in [1.29, 1.82) is 0 Å². The van der Waals surface area contributed by atoms with Crippen LogP contribution in [0.15, 0.2) is 11.0 Å². The summed E-state index contributed by atoms with van der Waals surface area (Å²) in [6.07, 6.45) is 1.14. The van der Waals surface area contributed by atoms with Gasteiger partial charge in [-0.1, -0.05) is 0 Å². The molecule has 17 heavy (non-hydrogen) atoms. The van der Waals surface area contributed by atoms with Crippen LogP contribution < -0.4 is 5.56 Å². The molecular weight excluding hydrogens is 229 g/mol. The zero-order valence-corrected chi connectivity index (χ0v) is 9.03. The van der Waals surface area contributed by atoms with Gasteiger partial charge in [0.15, 0.2) is 5.65 Å². The summed E-state index contributed by atoms with van der Waals surface area (Å²) in [6.45, 7) is 0.953. The van der Waals surface area contributed by atoms with E-state index in [9.17, 15) is 14.0 Å². The van der Waals surface area contributed by atoms with Gasteiger partial charge in [-0.05, 0) is 6.92 Å². The number of fused-ring (bicyclic) bond motifs is 1. The molecule has 0 spiro atoms. The van der Waals surface area contributed by atoms with Crippen molar-refractivity contribution in [3.8, 4) is 0 Å². The van der Waals surface area contributed by atoms with E-state index in [1.807, 2.05) is 0 Å². The number of nitrogens with one attached hydrogen (secondary N) is 1. The van der Waals surface area contributed by atoms with Gasteiger partial charge in [-0.2, -0.15) is 5.10 Å². The number of carboxylic acid groups (broad SMARTS) is 1. The van der Waals surface area contributed by atoms with Crippen LogP contribution >= 0.6 is 0 Å². The molecule has 0 radical (unpaired) electrons. The van der Waals surface area contributed by atoms with E-state index in [1.54, 1.807) is 6.92 Å². The van der Waals surface area contributed by atoms with Crippen LogP contribution in [0.3, 0.4) is 0 Å². The molecule has 0 atom stereocenters. The molecule has 0 aliphatic carbocycles. The monoisotopic (exact) mass is 239 g/mol. The van der Waals surface area contributed by atoms with E-state index in [0.717, 1.165) is 6.20 Å². The first-order valence-electron chi connectivity index (χ1n) is 4.95. The SMILES string of the molecule is Cc1c(CCF)c(=O)[nH]c2c(C(=O)O)cnn12. The highest BCUT2D eigenvalue weighted by Gasteiger charge is 2.16. The van der Waals surface area contributed by atoms with Crippen molar-refractivity contribution < 1.29 is 14.3 Å². The largest absolute Gasteiger partial charge is 0.477 e. The Balaban J connectivity index is 2.78. The van der Waals surface area contributed by atoms with E-state index in [2.05, 4.69) is 10.1 Å². The number of H-pyrrole nitrogens is 1. The number of alkyl halides is 1. The molecule has 0 aliphatic heterocycles. The topological polar surface area (TPSA) is 87.5 Å². The average Bonchev–Trinajstić information content (AvgIpc) is 2.68. The maximum Gasteiger partial charge on any atom is 0.341 e. The van der Waals surface area contributed by atoms with Crippen molar-refractivity contribution in [2.45, 2.75) is 13.3 Å². The van der Waals surface area contributed by atoms with Crippen molar-refractivity contribution in [3.05, 3.63) is 33.4 Å². The van der Waals surface area contributed by atoms with Crippen LogP contribution in [0, 0.1) is 6.92 Å². The molecule has 7 heteroatoms. The Morgan fingerprint density at radius 1 is 1.65 bits per heavy atom. The number of aryl methyl sites for hydroxylation is 1. The standard InChI is InChI=1S/C10H10FN3O3/c1-5-6(2-3-11)9(15)13-8-7(10(16)17)4-12-14(5)8/h4H,2-3H2,1H3,(H,13,15)(H,16,17). The molecule has 2 aromatic heterocycles. The van der Waals surface area contributed by atoms with E-state index in [-0.39, 0.29) is 23.2 Å². The summed E-state index contributed by atoms with van der Waals surface area (Å²) in [5, 5.41) is 12.8. The van der Waals surface area contributed by atoms with Crippen molar-refractivity contribution in [2.75, 3.05) is 6.67 Å². The molecule has 0 unspecified atom stereocenters. The van der Waals surface area contributed by atoms with Crippen LogP contribution in [0.25, 0.3) is 5.65 Å². The van der Waals surface area contributed by atoms with E-state index in [0.29, 0.717) is 5.69 Å². The summed E-state index contributed by atoms with van der Waals surface area (Å²) in [7, 11) is 0. The number of halogens is 1. The Labute approximate surface area is 94.7 Å². The molecule has 0 saturated heterocycles. The van der Waals surface area contributed by atoms with Crippen molar-refractivity contribution in [1.82, 2.24) is 14.6 Å². The molecular formula is C10H10FN3O3. The number of hydrogen-bond acceptors (Lipinski definition) is 3.